The highest BCUT2D eigenvalue weighted by Gasteiger charge is 2.17. The van der Waals surface area contributed by atoms with Gasteiger partial charge in [-0.3, -0.25) is 14.9 Å². The summed E-state index contributed by atoms with van der Waals surface area (Å²) in [5.74, 6) is -0.339. The van der Waals surface area contributed by atoms with Crippen molar-refractivity contribution >= 4 is 29.9 Å². The summed E-state index contributed by atoms with van der Waals surface area (Å²) in [6.45, 7) is 0. The predicted octanol–water partition coefficient (Wildman–Crippen LogP) is 3.14. The quantitative estimate of drug-likeness (QED) is 0.516. The van der Waals surface area contributed by atoms with E-state index in [-0.39, 0.29) is 22.9 Å². The average Bonchev–Trinajstić information content (AvgIpc) is 2.48. The number of nitrogens with one attached hydrogen (secondary N) is 1. The third-order valence-electron chi connectivity index (χ3n) is 2.76. The molecule has 0 atom stereocenters. The number of nitro groups is 1. The molecule has 2 aromatic carbocycles. The fourth-order valence-electron chi connectivity index (χ4n) is 1.72. The minimum atomic E-state index is -0.564. The van der Waals surface area contributed by atoms with Crippen molar-refractivity contribution in [2.45, 2.75) is 4.90 Å². The van der Waals surface area contributed by atoms with Gasteiger partial charge in [0.15, 0.2) is 5.75 Å². The van der Waals surface area contributed by atoms with Crippen LogP contribution in [0, 0.1) is 10.1 Å². The van der Waals surface area contributed by atoms with E-state index in [0.717, 1.165) is 4.90 Å². The summed E-state index contributed by atoms with van der Waals surface area (Å²) in [7, 11) is 1.31. The monoisotopic (exact) mass is 304 g/mol. The standard InChI is InChI=1S/C14H12N2O4S/c1-20-13-8-9(2-7-12(13)16(18)19)14(17)15-10-3-5-11(21)6-4-10/h2-8,21H,1H3,(H,15,17). The fraction of sp³-hybridized carbons (Fsp3) is 0.0714. The second-order valence-electron chi connectivity index (χ2n) is 4.14. The number of hydrogen-bond donors (Lipinski definition) is 2. The molecule has 0 aromatic heterocycles. The van der Waals surface area contributed by atoms with Crippen molar-refractivity contribution in [1.82, 2.24) is 0 Å². The SMILES string of the molecule is COc1cc(C(=O)Nc2ccc(S)cc2)ccc1[N+](=O)[O-]. The molecule has 21 heavy (non-hydrogen) atoms. The molecule has 2 rings (SSSR count). The second-order valence-corrected chi connectivity index (χ2v) is 4.66. The van der Waals surface area contributed by atoms with E-state index in [1.807, 2.05) is 0 Å². The zero-order valence-corrected chi connectivity index (χ0v) is 12.0. The molecule has 2 aromatic rings. The van der Waals surface area contributed by atoms with Gasteiger partial charge >= 0.3 is 5.69 Å². The van der Waals surface area contributed by atoms with Crippen LogP contribution < -0.4 is 10.1 Å². The van der Waals surface area contributed by atoms with Crippen molar-refractivity contribution in [2.75, 3.05) is 12.4 Å². The van der Waals surface area contributed by atoms with E-state index in [4.69, 9.17) is 4.74 Å². The van der Waals surface area contributed by atoms with Crippen molar-refractivity contribution in [3.8, 4) is 5.75 Å². The van der Waals surface area contributed by atoms with Gasteiger partial charge in [0.05, 0.1) is 12.0 Å². The van der Waals surface area contributed by atoms with Crippen LogP contribution in [-0.2, 0) is 0 Å². The van der Waals surface area contributed by atoms with Crippen molar-refractivity contribution in [3.05, 3.63) is 58.1 Å². The lowest BCUT2D eigenvalue weighted by Gasteiger charge is -2.07. The van der Waals surface area contributed by atoms with Gasteiger partial charge in [0, 0.05) is 28.3 Å². The zero-order chi connectivity index (χ0) is 15.4. The Kier molecular flexibility index (Phi) is 4.44. The van der Waals surface area contributed by atoms with Crippen LogP contribution in [0.3, 0.4) is 0 Å². The molecule has 6 nitrogen and oxygen atoms in total. The number of ether oxygens (including phenoxy) is 1. The highest BCUT2D eigenvalue weighted by atomic mass is 32.1. The van der Waals surface area contributed by atoms with Crippen molar-refractivity contribution in [1.29, 1.82) is 0 Å². The molecule has 0 saturated carbocycles. The van der Waals surface area contributed by atoms with Crippen LogP contribution in [0.5, 0.6) is 5.75 Å². The first-order valence-corrected chi connectivity index (χ1v) is 6.39. The number of carbonyl (C=O) groups is 1. The first-order chi connectivity index (χ1) is 10.0. The molecule has 1 amide bonds. The number of rotatable bonds is 4. The highest BCUT2D eigenvalue weighted by Crippen LogP contribution is 2.27. The van der Waals surface area contributed by atoms with E-state index in [9.17, 15) is 14.9 Å². The van der Waals surface area contributed by atoms with Gasteiger partial charge in [-0.05, 0) is 30.3 Å². The molecule has 0 bridgehead atoms. The summed E-state index contributed by atoms with van der Waals surface area (Å²) >= 11 is 4.16. The highest BCUT2D eigenvalue weighted by molar-refractivity contribution is 7.80. The molecule has 0 unspecified atom stereocenters. The number of hydrogen-bond acceptors (Lipinski definition) is 5. The maximum absolute atomic E-state index is 12.1. The van der Waals surface area contributed by atoms with E-state index in [1.54, 1.807) is 24.3 Å². The number of methoxy groups -OCH3 is 1. The number of amides is 1. The second kappa shape index (κ2) is 6.27. The van der Waals surface area contributed by atoms with Crippen LogP contribution in [-0.4, -0.2) is 17.9 Å². The molecule has 7 heteroatoms. The Morgan fingerprint density at radius 2 is 1.90 bits per heavy atom. The van der Waals surface area contributed by atoms with E-state index in [2.05, 4.69) is 17.9 Å². The maximum atomic E-state index is 12.1. The van der Waals surface area contributed by atoms with Gasteiger partial charge in [-0.15, -0.1) is 12.6 Å². The largest absolute Gasteiger partial charge is 0.490 e. The van der Waals surface area contributed by atoms with E-state index in [1.165, 1.54) is 25.3 Å². The van der Waals surface area contributed by atoms with Gasteiger partial charge in [0.2, 0.25) is 0 Å². The molecular formula is C14H12N2O4S. The maximum Gasteiger partial charge on any atom is 0.310 e. The summed E-state index contributed by atoms with van der Waals surface area (Å²) in [5.41, 5.74) is 0.691. The summed E-state index contributed by atoms with van der Waals surface area (Å²) in [6.07, 6.45) is 0. The Balaban J connectivity index is 2.23. The normalized spacial score (nSPS) is 10.0. The van der Waals surface area contributed by atoms with Crippen LogP contribution >= 0.6 is 12.6 Å². The molecule has 0 fully saturated rings. The number of nitrogens with zero attached hydrogens (tertiary/aromatic N) is 1. The lowest BCUT2D eigenvalue weighted by atomic mass is 10.1. The molecule has 0 saturated heterocycles. The molecule has 0 spiro atoms. The zero-order valence-electron chi connectivity index (χ0n) is 11.1. The van der Waals surface area contributed by atoms with Gasteiger partial charge in [0.1, 0.15) is 0 Å². The Hall–Kier alpha value is -2.54. The number of benzene rings is 2. The van der Waals surface area contributed by atoms with Crippen molar-refractivity contribution in [2.24, 2.45) is 0 Å². The summed E-state index contributed by atoms with van der Waals surface area (Å²) < 4.78 is 4.93. The number of thiol groups is 1. The van der Waals surface area contributed by atoms with Gasteiger partial charge in [-0.1, -0.05) is 0 Å². The first kappa shape index (κ1) is 14.9. The van der Waals surface area contributed by atoms with Crippen molar-refractivity contribution in [3.63, 3.8) is 0 Å². The lowest BCUT2D eigenvalue weighted by molar-refractivity contribution is -0.385. The Bertz CT molecular complexity index is 686. The average molecular weight is 304 g/mol. The molecule has 0 aliphatic rings. The summed E-state index contributed by atoms with van der Waals surface area (Å²) in [6, 6.07) is 10.9. The number of anilines is 1. The number of nitro benzene ring substituents is 1. The van der Waals surface area contributed by atoms with Crippen LogP contribution in [0.1, 0.15) is 10.4 Å². The fourth-order valence-corrected chi connectivity index (χ4v) is 1.87. The van der Waals surface area contributed by atoms with Crippen LogP contribution in [0.2, 0.25) is 0 Å². The molecule has 0 aliphatic carbocycles. The third-order valence-corrected chi connectivity index (χ3v) is 3.06. The Morgan fingerprint density at radius 3 is 2.48 bits per heavy atom. The smallest absolute Gasteiger partial charge is 0.310 e. The van der Waals surface area contributed by atoms with Gasteiger partial charge < -0.3 is 10.1 Å². The Morgan fingerprint density at radius 1 is 1.24 bits per heavy atom. The minimum Gasteiger partial charge on any atom is -0.490 e. The Labute approximate surface area is 126 Å². The molecular weight excluding hydrogens is 292 g/mol. The molecule has 1 N–H and O–H groups in total. The molecule has 0 aliphatic heterocycles. The van der Waals surface area contributed by atoms with E-state index >= 15 is 0 Å². The van der Waals surface area contributed by atoms with Crippen LogP contribution in [0.15, 0.2) is 47.4 Å². The van der Waals surface area contributed by atoms with E-state index in [0.29, 0.717) is 5.69 Å². The number of carbonyl (C=O) groups excluding carboxylic acids is 1. The van der Waals surface area contributed by atoms with Gasteiger partial charge in [-0.25, -0.2) is 0 Å². The third kappa shape index (κ3) is 3.51. The first-order valence-electron chi connectivity index (χ1n) is 5.94. The lowest BCUT2D eigenvalue weighted by Crippen LogP contribution is -2.12. The minimum absolute atomic E-state index is 0.0401. The van der Waals surface area contributed by atoms with Crippen LogP contribution in [0.4, 0.5) is 11.4 Å². The molecule has 0 radical (unpaired) electrons. The summed E-state index contributed by atoms with van der Waals surface area (Å²) in [5, 5.41) is 13.5. The predicted molar refractivity (Wildman–Crippen MR) is 81.3 cm³/mol. The van der Waals surface area contributed by atoms with Crippen LogP contribution in [0.25, 0.3) is 0 Å². The summed E-state index contributed by atoms with van der Waals surface area (Å²) in [4.78, 5) is 23.1. The van der Waals surface area contributed by atoms with Gasteiger partial charge in [-0.2, -0.15) is 0 Å². The topological polar surface area (TPSA) is 81.5 Å². The van der Waals surface area contributed by atoms with Crippen molar-refractivity contribution < 1.29 is 14.5 Å². The molecule has 0 heterocycles. The van der Waals surface area contributed by atoms with E-state index < -0.39 is 4.92 Å². The van der Waals surface area contributed by atoms with Gasteiger partial charge in [0.25, 0.3) is 5.91 Å². The molecule has 108 valence electrons.